The van der Waals surface area contributed by atoms with Gasteiger partial charge in [-0.25, -0.2) is 4.79 Å². The Balaban J connectivity index is 1.36. The molecule has 2 saturated heterocycles. The van der Waals surface area contributed by atoms with E-state index in [1.165, 1.54) is 17.7 Å². The maximum Gasteiger partial charge on any atom is 0.573 e. The lowest BCUT2D eigenvalue weighted by atomic mass is 9.93. The highest BCUT2D eigenvalue weighted by Crippen LogP contribution is 2.32. The third-order valence-corrected chi connectivity index (χ3v) is 5.72. The lowest BCUT2D eigenvalue weighted by Gasteiger charge is -2.34. The third-order valence-electron chi connectivity index (χ3n) is 5.72. The van der Waals surface area contributed by atoms with Gasteiger partial charge in [0.1, 0.15) is 11.5 Å². The van der Waals surface area contributed by atoms with Crippen LogP contribution in [0.25, 0.3) is 0 Å². The van der Waals surface area contributed by atoms with Gasteiger partial charge in [-0.3, -0.25) is 5.32 Å². The van der Waals surface area contributed by atoms with Crippen molar-refractivity contribution in [3.05, 3.63) is 53.6 Å². The van der Waals surface area contributed by atoms with E-state index in [-0.39, 0.29) is 11.8 Å². The van der Waals surface area contributed by atoms with Gasteiger partial charge >= 0.3 is 12.4 Å². The summed E-state index contributed by atoms with van der Waals surface area (Å²) in [7, 11) is 0. The van der Waals surface area contributed by atoms with E-state index in [9.17, 15) is 18.0 Å². The zero-order valence-electron chi connectivity index (χ0n) is 18.1. The molecule has 3 N–H and O–H groups in total. The predicted octanol–water partition coefficient (Wildman–Crippen LogP) is 4.29. The number of nitrogens with one attached hydrogen (secondary N) is 3. The summed E-state index contributed by atoms with van der Waals surface area (Å²) in [6.45, 7) is 4.20. The van der Waals surface area contributed by atoms with E-state index in [1.807, 2.05) is 19.1 Å². The zero-order chi connectivity index (χ0) is 23.4. The second-order valence-electron chi connectivity index (χ2n) is 8.12. The molecule has 0 saturated carbocycles. The third kappa shape index (κ3) is 6.08. The Labute approximate surface area is 189 Å². The number of hydrogen-bond donors (Lipinski definition) is 3. The van der Waals surface area contributed by atoms with E-state index in [1.54, 1.807) is 0 Å². The molecule has 4 rings (SSSR count). The Morgan fingerprint density at radius 2 is 1.91 bits per heavy atom. The van der Waals surface area contributed by atoms with Crippen molar-refractivity contribution < 1.29 is 32.2 Å². The van der Waals surface area contributed by atoms with Crippen LogP contribution in [0, 0.1) is 6.92 Å². The molecule has 0 radical (unpaired) electrons. The molecule has 0 spiro atoms. The second kappa shape index (κ2) is 9.88. The molecule has 2 unspecified atom stereocenters. The minimum Gasteiger partial charge on any atom is -0.473 e. The summed E-state index contributed by atoms with van der Waals surface area (Å²) < 4.78 is 52.3. The molecule has 2 amide bonds. The number of carbonyl (C=O) groups is 1. The summed E-state index contributed by atoms with van der Waals surface area (Å²) in [5.74, 6) is 0.774. The van der Waals surface area contributed by atoms with E-state index >= 15 is 0 Å². The number of rotatable bonds is 6. The summed E-state index contributed by atoms with van der Waals surface area (Å²) in [5, 5.41) is 8.84. The number of piperidine rings is 1. The van der Waals surface area contributed by atoms with Crippen LogP contribution in [0.2, 0.25) is 0 Å². The summed E-state index contributed by atoms with van der Waals surface area (Å²) >= 11 is 0. The van der Waals surface area contributed by atoms with Crippen LogP contribution >= 0.6 is 0 Å². The molecule has 2 fully saturated rings. The molecule has 33 heavy (non-hydrogen) atoms. The number of benzene rings is 2. The van der Waals surface area contributed by atoms with Crippen molar-refractivity contribution in [1.82, 2.24) is 10.6 Å². The van der Waals surface area contributed by atoms with Gasteiger partial charge in [-0.15, -0.1) is 13.2 Å². The Morgan fingerprint density at radius 3 is 2.58 bits per heavy atom. The van der Waals surface area contributed by atoms with Gasteiger partial charge in [-0.05, 0) is 67.8 Å². The van der Waals surface area contributed by atoms with Gasteiger partial charge in [0.2, 0.25) is 0 Å². The van der Waals surface area contributed by atoms with Crippen molar-refractivity contribution in [3.8, 4) is 11.5 Å². The molecule has 10 heteroatoms. The molecular weight excluding hydrogens is 439 g/mol. The van der Waals surface area contributed by atoms with Crippen LogP contribution in [0.5, 0.6) is 11.5 Å². The van der Waals surface area contributed by atoms with Gasteiger partial charge in [0.15, 0.2) is 6.23 Å². The number of carbonyl (C=O) groups excluding carboxylic acids is 1. The summed E-state index contributed by atoms with van der Waals surface area (Å²) in [4.78, 5) is 12.5. The Bertz CT molecular complexity index is 964. The lowest BCUT2D eigenvalue weighted by molar-refractivity contribution is -0.274. The fourth-order valence-corrected chi connectivity index (χ4v) is 3.96. The Morgan fingerprint density at radius 1 is 1.15 bits per heavy atom. The smallest absolute Gasteiger partial charge is 0.473 e. The van der Waals surface area contributed by atoms with Gasteiger partial charge in [0.05, 0.1) is 19.3 Å². The summed E-state index contributed by atoms with van der Waals surface area (Å²) in [6.07, 6.45) is -3.59. The first kappa shape index (κ1) is 23.2. The summed E-state index contributed by atoms with van der Waals surface area (Å²) in [6, 6.07) is 10.1. The van der Waals surface area contributed by atoms with Crippen molar-refractivity contribution in [2.45, 2.75) is 44.3 Å². The zero-order valence-corrected chi connectivity index (χ0v) is 18.1. The van der Waals surface area contributed by atoms with Gasteiger partial charge in [-0.2, -0.15) is 0 Å². The maximum absolute atomic E-state index is 12.5. The molecule has 0 aromatic heterocycles. The molecule has 2 heterocycles. The highest BCUT2D eigenvalue weighted by molar-refractivity contribution is 5.89. The highest BCUT2D eigenvalue weighted by Gasteiger charge is 2.31. The molecule has 2 aliphatic rings. The molecule has 7 nitrogen and oxygen atoms in total. The second-order valence-corrected chi connectivity index (χ2v) is 8.12. The topological polar surface area (TPSA) is 80.9 Å². The van der Waals surface area contributed by atoms with E-state index in [4.69, 9.17) is 9.47 Å². The largest absolute Gasteiger partial charge is 0.573 e. The first-order chi connectivity index (χ1) is 15.8. The Kier molecular flexibility index (Phi) is 6.94. The molecule has 2 aromatic carbocycles. The number of hydrogen-bond acceptors (Lipinski definition) is 5. The van der Waals surface area contributed by atoms with E-state index < -0.39 is 18.6 Å². The number of amides is 2. The quantitative estimate of drug-likeness (QED) is 0.593. The molecule has 2 atom stereocenters. The minimum absolute atomic E-state index is 0.290. The molecule has 0 aliphatic carbocycles. The highest BCUT2D eigenvalue weighted by atomic mass is 19.4. The number of alkyl halides is 3. The molecule has 0 bridgehead atoms. The van der Waals surface area contributed by atoms with Crippen LogP contribution in [-0.4, -0.2) is 44.4 Å². The number of ether oxygens (including phenoxy) is 3. The van der Waals surface area contributed by atoms with Gasteiger partial charge in [-0.1, -0.05) is 12.1 Å². The SMILES string of the molecule is Cc1c(OC2NCCCC2NC(=O)Nc2ccc(OC(F)(F)F)cc2)cccc1C1COC1. The fourth-order valence-electron chi connectivity index (χ4n) is 3.96. The standard InChI is InChI=1S/C23H26F3N3O4/c1-14-18(15-12-31-13-15)4-2-6-20(14)32-21-19(5-3-11-27-21)29-22(30)28-16-7-9-17(10-8-16)33-23(24,25)26/h2,4,6-10,15,19,21,27H,3,5,11-13H2,1H3,(H2,28,29,30). The van der Waals surface area contributed by atoms with Crippen molar-refractivity contribution >= 4 is 11.7 Å². The van der Waals surface area contributed by atoms with Crippen molar-refractivity contribution in [2.75, 3.05) is 25.1 Å². The van der Waals surface area contributed by atoms with Crippen molar-refractivity contribution in [1.29, 1.82) is 0 Å². The van der Waals surface area contributed by atoms with Crippen molar-refractivity contribution in [2.24, 2.45) is 0 Å². The normalized spacial score (nSPS) is 21.1. The minimum atomic E-state index is -4.77. The number of urea groups is 1. The van der Waals surface area contributed by atoms with Crippen LogP contribution < -0.4 is 25.4 Å². The molecular formula is C23H26F3N3O4. The van der Waals surface area contributed by atoms with Gasteiger partial charge < -0.3 is 24.8 Å². The van der Waals surface area contributed by atoms with Gasteiger partial charge in [0.25, 0.3) is 0 Å². The van der Waals surface area contributed by atoms with Crippen LogP contribution in [0.1, 0.15) is 29.9 Å². The number of anilines is 1. The molecule has 2 aliphatic heterocycles. The lowest BCUT2D eigenvalue weighted by Crippen LogP contribution is -2.56. The maximum atomic E-state index is 12.5. The van der Waals surface area contributed by atoms with E-state index in [0.29, 0.717) is 24.8 Å². The summed E-state index contributed by atoms with van der Waals surface area (Å²) in [5.41, 5.74) is 2.60. The monoisotopic (exact) mass is 465 g/mol. The average Bonchev–Trinajstić information content (AvgIpc) is 2.71. The van der Waals surface area contributed by atoms with Crippen molar-refractivity contribution in [3.63, 3.8) is 0 Å². The van der Waals surface area contributed by atoms with Crippen LogP contribution in [0.4, 0.5) is 23.7 Å². The molecule has 2 aromatic rings. The molecule has 178 valence electrons. The van der Waals surface area contributed by atoms with E-state index in [2.05, 4.69) is 26.8 Å². The van der Waals surface area contributed by atoms with Gasteiger partial charge in [0, 0.05) is 11.6 Å². The van der Waals surface area contributed by atoms with Crippen LogP contribution in [0.3, 0.4) is 0 Å². The number of halogens is 3. The fraction of sp³-hybridized carbons (Fsp3) is 0.435. The van der Waals surface area contributed by atoms with Crippen LogP contribution in [-0.2, 0) is 4.74 Å². The van der Waals surface area contributed by atoms with E-state index in [0.717, 1.165) is 42.8 Å². The first-order valence-corrected chi connectivity index (χ1v) is 10.8. The Hall–Kier alpha value is -2.98. The first-order valence-electron chi connectivity index (χ1n) is 10.8. The predicted molar refractivity (Wildman–Crippen MR) is 115 cm³/mol. The average molecular weight is 465 g/mol. The van der Waals surface area contributed by atoms with Crippen LogP contribution in [0.15, 0.2) is 42.5 Å².